The van der Waals surface area contributed by atoms with E-state index >= 15 is 0 Å². The number of likely N-dealkylation sites (N-methyl/N-ethyl adjacent to an activating group) is 1. The van der Waals surface area contributed by atoms with Crippen LogP contribution in [0.3, 0.4) is 0 Å². The highest BCUT2D eigenvalue weighted by Crippen LogP contribution is 2.32. The van der Waals surface area contributed by atoms with Gasteiger partial charge in [0.25, 0.3) is 0 Å². The summed E-state index contributed by atoms with van der Waals surface area (Å²) in [6.07, 6.45) is 1.74. The van der Waals surface area contributed by atoms with Crippen molar-refractivity contribution in [2.24, 2.45) is 16.3 Å². The average molecular weight is 384 g/mol. The van der Waals surface area contributed by atoms with Crippen LogP contribution in [0.25, 0.3) is 0 Å². The molecule has 2 unspecified atom stereocenters. The molecule has 2 rings (SSSR count). The number of piperazine rings is 1. The van der Waals surface area contributed by atoms with Gasteiger partial charge in [0.15, 0.2) is 5.96 Å². The lowest BCUT2D eigenvalue weighted by Crippen LogP contribution is -2.48. The first-order valence-corrected chi connectivity index (χ1v) is 10.8. The van der Waals surface area contributed by atoms with Crippen LogP contribution in [0.1, 0.15) is 33.6 Å². The summed E-state index contributed by atoms with van der Waals surface area (Å²) in [5.41, 5.74) is 0.00166. The molecule has 3 N–H and O–H groups in total. The Hall–Kier alpha value is -0.890. The highest BCUT2D eigenvalue weighted by atomic mass is 16.5. The first-order valence-electron chi connectivity index (χ1n) is 10.8. The van der Waals surface area contributed by atoms with E-state index in [4.69, 9.17) is 9.73 Å². The molecule has 0 radical (unpaired) electrons. The molecule has 2 aliphatic rings. The number of aliphatic hydroxyl groups is 1. The van der Waals surface area contributed by atoms with Crippen LogP contribution in [-0.4, -0.2) is 99.6 Å². The molecule has 7 heteroatoms. The molecule has 2 atom stereocenters. The van der Waals surface area contributed by atoms with Gasteiger partial charge in [-0.1, -0.05) is 13.8 Å². The standard InChI is InChI=1S/C20H41N5O2/c1-4-21-19(23-16-20(6-12-26)7-13-27-17-20)22-14-18(3)15-25-10-8-24(5-2)9-11-25/h18,26H,4-17H2,1-3H3,(H2,21,22,23). The smallest absolute Gasteiger partial charge is 0.191 e. The molecule has 0 aromatic heterocycles. The maximum absolute atomic E-state index is 9.38. The van der Waals surface area contributed by atoms with Crippen LogP contribution in [0.15, 0.2) is 4.99 Å². The van der Waals surface area contributed by atoms with Crippen LogP contribution in [0.2, 0.25) is 0 Å². The monoisotopic (exact) mass is 383 g/mol. The van der Waals surface area contributed by atoms with Crippen molar-refractivity contribution in [1.29, 1.82) is 0 Å². The molecule has 2 heterocycles. The first-order chi connectivity index (χ1) is 13.1. The Labute approximate surface area is 165 Å². The van der Waals surface area contributed by atoms with Gasteiger partial charge in [-0.3, -0.25) is 4.99 Å². The van der Waals surface area contributed by atoms with E-state index in [-0.39, 0.29) is 12.0 Å². The van der Waals surface area contributed by atoms with Gasteiger partial charge in [0.2, 0.25) is 0 Å². The Morgan fingerprint density at radius 3 is 2.52 bits per heavy atom. The summed E-state index contributed by atoms with van der Waals surface area (Å²) in [4.78, 5) is 9.91. The highest BCUT2D eigenvalue weighted by molar-refractivity contribution is 5.79. The molecule has 2 aliphatic heterocycles. The van der Waals surface area contributed by atoms with E-state index < -0.39 is 0 Å². The van der Waals surface area contributed by atoms with E-state index in [0.29, 0.717) is 19.1 Å². The number of aliphatic imine (C=N–C) groups is 1. The summed E-state index contributed by atoms with van der Waals surface area (Å²) >= 11 is 0. The number of guanidine groups is 1. The lowest BCUT2D eigenvalue weighted by atomic mass is 9.84. The van der Waals surface area contributed by atoms with Gasteiger partial charge in [-0.2, -0.15) is 0 Å². The number of hydrogen-bond donors (Lipinski definition) is 3. The fourth-order valence-electron chi connectivity index (χ4n) is 3.94. The largest absolute Gasteiger partial charge is 0.396 e. The maximum Gasteiger partial charge on any atom is 0.191 e. The third-order valence-electron chi connectivity index (χ3n) is 5.84. The lowest BCUT2D eigenvalue weighted by Gasteiger charge is -2.35. The molecule has 27 heavy (non-hydrogen) atoms. The fraction of sp³-hybridized carbons (Fsp3) is 0.950. The van der Waals surface area contributed by atoms with Gasteiger partial charge < -0.3 is 30.3 Å². The van der Waals surface area contributed by atoms with E-state index in [0.717, 1.165) is 51.6 Å². The predicted octanol–water partition coefficient (Wildman–Crippen LogP) is 0.604. The minimum Gasteiger partial charge on any atom is -0.396 e. The number of nitrogens with one attached hydrogen (secondary N) is 2. The Bertz CT molecular complexity index is 432. The Morgan fingerprint density at radius 1 is 1.19 bits per heavy atom. The number of hydrogen-bond acceptors (Lipinski definition) is 5. The van der Waals surface area contributed by atoms with Gasteiger partial charge in [-0.15, -0.1) is 0 Å². The molecule has 2 saturated heterocycles. The summed E-state index contributed by atoms with van der Waals surface area (Å²) < 4.78 is 5.57. The van der Waals surface area contributed by atoms with Crippen molar-refractivity contribution in [3.8, 4) is 0 Å². The zero-order valence-corrected chi connectivity index (χ0v) is 17.7. The Balaban J connectivity index is 1.77. The third kappa shape index (κ3) is 7.56. The molecular weight excluding hydrogens is 342 g/mol. The predicted molar refractivity (Wildman–Crippen MR) is 111 cm³/mol. The van der Waals surface area contributed by atoms with E-state index in [9.17, 15) is 5.11 Å². The first kappa shape index (κ1) is 22.4. The molecular formula is C20H41N5O2. The van der Waals surface area contributed by atoms with Crippen molar-refractivity contribution in [2.75, 3.05) is 78.7 Å². The van der Waals surface area contributed by atoms with Crippen molar-refractivity contribution in [2.45, 2.75) is 33.6 Å². The van der Waals surface area contributed by atoms with Gasteiger partial charge in [0.1, 0.15) is 0 Å². The van der Waals surface area contributed by atoms with Crippen LogP contribution in [0, 0.1) is 11.3 Å². The highest BCUT2D eigenvalue weighted by Gasteiger charge is 2.34. The number of ether oxygens (including phenoxy) is 1. The van der Waals surface area contributed by atoms with Gasteiger partial charge in [0.05, 0.1) is 13.2 Å². The minimum absolute atomic E-state index is 0.00166. The molecule has 0 aromatic rings. The molecule has 0 saturated carbocycles. The van der Waals surface area contributed by atoms with Crippen molar-refractivity contribution < 1.29 is 9.84 Å². The molecule has 2 fully saturated rings. The molecule has 7 nitrogen and oxygen atoms in total. The average Bonchev–Trinajstić information content (AvgIpc) is 3.14. The van der Waals surface area contributed by atoms with Crippen LogP contribution < -0.4 is 10.6 Å². The van der Waals surface area contributed by atoms with Gasteiger partial charge in [-0.05, 0) is 32.2 Å². The molecule has 0 amide bonds. The second-order valence-electron chi connectivity index (χ2n) is 8.19. The SMILES string of the molecule is CCNC(=NCC1(CCO)CCOC1)NCC(C)CN1CCN(CC)CC1. The molecule has 0 aliphatic carbocycles. The Kier molecular flexibility index (Phi) is 9.82. The summed E-state index contributed by atoms with van der Waals surface area (Å²) in [7, 11) is 0. The van der Waals surface area contributed by atoms with E-state index in [1.165, 1.54) is 26.2 Å². The van der Waals surface area contributed by atoms with E-state index in [1.807, 2.05) is 0 Å². The zero-order valence-electron chi connectivity index (χ0n) is 17.7. The van der Waals surface area contributed by atoms with Crippen molar-refractivity contribution in [3.05, 3.63) is 0 Å². The lowest BCUT2D eigenvalue weighted by molar-refractivity contribution is 0.124. The van der Waals surface area contributed by atoms with Crippen molar-refractivity contribution >= 4 is 5.96 Å². The van der Waals surface area contributed by atoms with Gasteiger partial charge in [0, 0.05) is 64.4 Å². The second-order valence-corrected chi connectivity index (χ2v) is 8.19. The van der Waals surface area contributed by atoms with E-state index in [1.54, 1.807) is 0 Å². The van der Waals surface area contributed by atoms with E-state index in [2.05, 4.69) is 41.2 Å². The molecule has 158 valence electrons. The molecule has 0 aromatic carbocycles. The van der Waals surface area contributed by atoms with Gasteiger partial charge in [-0.25, -0.2) is 0 Å². The summed E-state index contributed by atoms with van der Waals surface area (Å²) in [6, 6.07) is 0. The minimum atomic E-state index is 0.00166. The van der Waals surface area contributed by atoms with Crippen LogP contribution in [0.4, 0.5) is 0 Å². The van der Waals surface area contributed by atoms with Crippen molar-refractivity contribution in [3.63, 3.8) is 0 Å². The Morgan fingerprint density at radius 2 is 1.93 bits per heavy atom. The van der Waals surface area contributed by atoms with Crippen LogP contribution in [0.5, 0.6) is 0 Å². The third-order valence-corrected chi connectivity index (χ3v) is 5.84. The summed E-state index contributed by atoms with van der Waals surface area (Å²) in [6.45, 7) is 17.8. The number of rotatable bonds is 10. The van der Waals surface area contributed by atoms with Crippen LogP contribution in [-0.2, 0) is 4.74 Å². The second kappa shape index (κ2) is 11.8. The zero-order chi connectivity index (χ0) is 19.5. The maximum atomic E-state index is 9.38. The normalized spacial score (nSPS) is 26.3. The quantitative estimate of drug-likeness (QED) is 0.379. The molecule has 0 bridgehead atoms. The topological polar surface area (TPSA) is 72.4 Å². The van der Waals surface area contributed by atoms with Crippen molar-refractivity contribution in [1.82, 2.24) is 20.4 Å². The van der Waals surface area contributed by atoms with Gasteiger partial charge >= 0.3 is 0 Å². The number of nitrogens with zero attached hydrogens (tertiary/aromatic N) is 3. The van der Waals surface area contributed by atoms with Crippen LogP contribution >= 0.6 is 0 Å². The number of aliphatic hydroxyl groups excluding tert-OH is 1. The fourth-order valence-corrected chi connectivity index (χ4v) is 3.94. The molecule has 0 spiro atoms. The summed E-state index contributed by atoms with van der Waals surface area (Å²) in [5, 5.41) is 16.2. The summed E-state index contributed by atoms with van der Waals surface area (Å²) in [5.74, 6) is 1.45.